The van der Waals surface area contributed by atoms with Gasteiger partial charge in [0.2, 0.25) is 5.91 Å². The van der Waals surface area contributed by atoms with E-state index in [2.05, 4.69) is 26.0 Å². The van der Waals surface area contributed by atoms with Crippen LogP contribution in [0.5, 0.6) is 0 Å². The van der Waals surface area contributed by atoms with E-state index in [9.17, 15) is 14.4 Å². The number of hydrazone groups is 1. The fraction of sp³-hybridized carbons (Fsp3) is 0.172. The maximum atomic E-state index is 13.6. The molecule has 186 valence electrons. The van der Waals surface area contributed by atoms with Gasteiger partial charge in [0.15, 0.2) is 0 Å². The zero-order chi connectivity index (χ0) is 26.1. The maximum absolute atomic E-state index is 13.6. The number of carboxylic acid groups (broad SMARTS) is 1. The Morgan fingerprint density at radius 3 is 2.54 bits per heavy atom. The van der Waals surface area contributed by atoms with Crippen molar-refractivity contribution >= 4 is 44.4 Å². The van der Waals surface area contributed by atoms with E-state index in [0.29, 0.717) is 17.7 Å². The van der Waals surface area contributed by atoms with E-state index in [4.69, 9.17) is 5.11 Å². The molecule has 0 fully saturated rings. The number of fused-ring (bicyclic) bond motifs is 1. The molecule has 4 aromatic rings. The summed E-state index contributed by atoms with van der Waals surface area (Å²) in [6.07, 6.45) is -0.165. The van der Waals surface area contributed by atoms with Gasteiger partial charge in [-0.25, -0.2) is 5.01 Å². The van der Waals surface area contributed by atoms with Crippen LogP contribution >= 0.6 is 15.9 Å². The lowest BCUT2D eigenvalue weighted by Crippen LogP contribution is -2.27. The normalized spacial score (nSPS) is 15.1. The second kappa shape index (κ2) is 10.1. The summed E-state index contributed by atoms with van der Waals surface area (Å²) in [5.41, 5.74) is 4.84. The van der Waals surface area contributed by atoms with Crippen LogP contribution in [-0.2, 0) is 9.59 Å². The molecular weight excluding hydrogens is 534 g/mol. The summed E-state index contributed by atoms with van der Waals surface area (Å²) in [7, 11) is 0. The first-order valence-corrected chi connectivity index (χ1v) is 12.7. The highest BCUT2D eigenvalue weighted by Gasteiger charge is 2.35. The topological polar surface area (TPSA) is 103 Å². The largest absolute Gasteiger partial charge is 0.481 e. The number of aromatic amines is 1. The van der Waals surface area contributed by atoms with Crippen LogP contribution in [0.2, 0.25) is 0 Å². The molecule has 1 aliphatic heterocycles. The van der Waals surface area contributed by atoms with Gasteiger partial charge >= 0.3 is 5.97 Å². The lowest BCUT2D eigenvalue weighted by molar-refractivity contribution is -0.141. The number of hydrogen-bond acceptors (Lipinski definition) is 4. The molecule has 37 heavy (non-hydrogen) atoms. The molecule has 2 heterocycles. The number of carbonyl (C=O) groups excluding carboxylic acids is 1. The number of nitrogens with one attached hydrogen (secondary N) is 1. The Kier molecular flexibility index (Phi) is 6.76. The van der Waals surface area contributed by atoms with Crippen molar-refractivity contribution in [2.45, 2.75) is 32.2 Å². The average Bonchev–Trinajstić information content (AvgIpc) is 3.32. The quantitative estimate of drug-likeness (QED) is 0.312. The number of H-pyrrole nitrogens is 1. The van der Waals surface area contributed by atoms with Gasteiger partial charge in [0.1, 0.15) is 0 Å². The van der Waals surface area contributed by atoms with Crippen LogP contribution in [0.1, 0.15) is 42.0 Å². The summed E-state index contributed by atoms with van der Waals surface area (Å²) in [6.45, 7) is 2.00. The van der Waals surface area contributed by atoms with Gasteiger partial charge in [-0.3, -0.25) is 14.4 Å². The van der Waals surface area contributed by atoms with Crippen LogP contribution in [-0.4, -0.2) is 32.7 Å². The molecule has 0 aliphatic carbocycles. The Morgan fingerprint density at radius 2 is 1.81 bits per heavy atom. The van der Waals surface area contributed by atoms with Gasteiger partial charge in [0, 0.05) is 33.8 Å². The number of carboxylic acids is 1. The fourth-order valence-corrected chi connectivity index (χ4v) is 5.20. The minimum Gasteiger partial charge on any atom is -0.481 e. The lowest BCUT2D eigenvalue weighted by atomic mass is 9.90. The van der Waals surface area contributed by atoms with Gasteiger partial charge in [-0.1, -0.05) is 70.0 Å². The monoisotopic (exact) mass is 557 g/mol. The van der Waals surface area contributed by atoms with Crippen molar-refractivity contribution in [1.82, 2.24) is 9.99 Å². The number of halogens is 1. The Hall–Kier alpha value is -4.04. The number of benzene rings is 3. The van der Waals surface area contributed by atoms with Crippen LogP contribution in [0.3, 0.4) is 0 Å². The smallest absolute Gasteiger partial charge is 0.303 e. The highest BCUT2D eigenvalue weighted by Crippen LogP contribution is 2.38. The minimum atomic E-state index is -1.05. The Balaban J connectivity index is 1.70. The van der Waals surface area contributed by atoms with Crippen molar-refractivity contribution in [3.63, 3.8) is 0 Å². The molecule has 5 rings (SSSR count). The van der Waals surface area contributed by atoms with E-state index in [-0.39, 0.29) is 18.4 Å². The fourth-order valence-electron chi connectivity index (χ4n) is 4.78. The first-order valence-electron chi connectivity index (χ1n) is 11.9. The van der Waals surface area contributed by atoms with E-state index in [1.807, 2.05) is 79.7 Å². The molecule has 2 N–H and O–H groups in total. The van der Waals surface area contributed by atoms with Gasteiger partial charge in [0.05, 0.1) is 23.7 Å². The number of amides is 1. The molecule has 1 unspecified atom stereocenters. The number of hydrogen-bond donors (Lipinski definition) is 2. The third-order valence-corrected chi connectivity index (χ3v) is 6.97. The zero-order valence-corrected chi connectivity index (χ0v) is 21.7. The van der Waals surface area contributed by atoms with Crippen molar-refractivity contribution in [1.29, 1.82) is 0 Å². The van der Waals surface area contributed by atoms with Gasteiger partial charge in [-0.2, -0.15) is 5.10 Å². The third-order valence-electron chi connectivity index (χ3n) is 6.47. The summed E-state index contributed by atoms with van der Waals surface area (Å²) < 4.78 is 0.848. The van der Waals surface area contributed by atoms with E-state index < -0.39 is 17.9 Å². The van der Waals surface area contributed by atoms with Crippen molar-refractivity contribution < 1.29 is 14.7 Å². The first-order chi connectivity index (χ1) is 17.8. The van der Waals surface area contributed by atoms with E-state index in [1.54, 1.807) is 0 Å². The SMILES string of the molecule is Cc1ccc2[nH]c(=O)c(C3=NN(C(=O)CCC(=O)O)C(c4cccc(Br)c4)C3)c(-c3ccccc3)c2c1. The van der Waals surface area contributed by atoms with Crippen molar-refractivity contribution in [2.75, 3.05) is 0 Å². The Morgan fingerprint density at radius 1 is 1.03 bits per heavy atom. The van der Waals surface area contributed by atoms with Crippen LogP contribution in [0.4, 0.5) is 0 Å². The molecule has 0 bridgehead atoms. The third kappa shape index (κ3) is 4.97. The van der Waals surface area contributed by atoms with E-state index >= 15 is 0 Å². The number of nitrogens with zero attached hydrogens (tertiary/aromatic N) is 2. The second-order valence-electron chi connectivity index (χ2n) is 9.07. The predicted octanol–water partition coefficient (Wildman–Crippen LogP) is 5.81. The predicted molar refractivity (Wildman–Crippen MR) is 146 cm³/mol. The molecule has 7 nitrogen and oxygen atoms in total. The molecule has 1 aliphatic rings. The van der Waals surface area contributed by atoms with Gasteiger partial charge in [0.25, 0.3) is 5.56 Å². The van der Waals surface area contributed by atoms with Crippen molar-refractivity contribution in [2.24, 2.45) is 5.10 Å². The minimum absolute atomic E-state index is 0.185. The number of carbonyl (C=O) groups is 2. The molecule has 0 saturated heterocycles. The van der Waals surface area contributed by atoms with Crippen LogP contribution in [0, 0.1) is 6.92 Å². The molecule has 0 spiro atoms. The molecule has 1 amide bonds. The number of rotatable bonds is 6. The summed E-state index contributed by atoms with van der Waals surface area (Å²) >= 11 is 3.49. The van der Waals surface area contributed by atoms with Crippen LogP contribution in [0.15, 0.2) is 87.2 Å². The highest BCUT2D eigenvalue weighted by atomic mass is 79.9. The molecule has 3 aromatic carbocycles. The standard InChI is InChI=1S/C29H24BrN3O4/c1-17-10-11-22-21(14-17)27(18-6-3-2-4-7-18)28(29(37)31-22)23-16-24(19-8-5-9-20(30)15-19)33(32-23)25(34)12-13-26(35)36/h2-11,14-15,24H,12-13,16H2,1H3,(H,31,37)(H,35,36). The maximum Gasteiger partial charge on any atom is 0.303 e. The van der Waals surface area contributed by atoms with Crippen molar-refractivity contribution in [3.8, 4) is 11.1 Å². The summed E-state index contributed by atoms with van der Waals surface area (Å²) in [5, 5.41) is 16.0. The molecule has 8 heteroatoms. The Bertz CT molecular complexity index is 1610. The van der Waals surface area contributed by atoms with Gasteiger partial charge in [-0.05, 0) is 42.3 Å². The average molecular weight is 558 g/mol. The molecule has 1 aromatic heterocycles. The number of pyridine rings is 1. The molecule has 1 atom stereocenters. The van der Waals surface area contributed by atoms with Gasteiger partial charge < -0.3 is 10.1 Å². The molecule has 0 radical (unpaired) electrons. The van der Waals surface area contributed by atoms with Gasteiger partial charge in [-0.15, -0.1) is 0 Å². The number of aromatic nitrogens is 1. The summed E-state index contributed by atoms with van der Waals surface area (Å²) in [4.78, 5) is 40.8. The first kappa shape index (κ1) is 24.6. The zero-order valence-electron chi connectivity index (χ0n) is 20.1. The van der Waals surface area contributed by atoms with Crippen LogP contribution < -0.4 is 5.56 Å². The summed E-state index contributed by atoms with van der Waals surface area (Å²) in [6, 6.07) is 22.7. The number of aryl methyl sites for hydroxylation is 1. The van der Waals surface area contributed by atoms with E-state index in [0.717, 1.165) is 37.6 Å². The summed E-state index contributed by atoms with van der Waals surface area (Å²) in [5.74, 6) is -1.46. The van der Waals surface area contributed by atoms with E-state index in [1.165, 1.54) is 5.01 Å². The van der Waals surface area contributed by atoms with Crippen molar-refractivity contribution in [3.05, 3.63) is 104 Å². The molecular formula is C29H24BrN3O4. The lowest BCUT2D eigenvalue weighted by Gasteiger charge is -2.22. The van der Waals surface area contributed by atoms with Crippen LogP contribution in [0.25, 0.3) is 22.0 Å². The highest BCUT2D eigenvalue weighted by molar-refractivity contribution is 9.10. The second-order valence-corrected chi connectivity index (χ2v) is 9.99. The number of aliphatic carboxylic acids is 1. The molecule has 0 saturated carbocycles. The Labute approximate surface area is 221 Å².